The molecule has 1 aromatic carbocycles. The van der Waals surface area contributed by atoms with Crippen molar-refractivity contribution in [2.45, 2.75) is 34.1 Å². The Morgan fingerprint density at radius 3 is 2.23 bits per heavy atom. The predicted molar refractivity (Wildman–Crippen MR) is 59.3 cm³/mol. The minimum Gasteiger partial charge on any atom is -0.103 e. The van der Waals surface area contributed by atoms with Crippen LogP contribution in [0.4, 0.5) is 0 Å². The summed E-state index contributed by atoms with van der Waals surface area (Å²) in [6.45, 7) is 12.5. The van der Waals surface area contributed by atoms with Gasteiger partial charge in [0.2, 0.25) is 0 Å². The van der Waals surface area contributed by atoms with Gasteiger partial charge in [-0.25, -0.2) is 0 Å². The highest BCUT2D eigenvalue weighted by molar-refractivity contribution is 5.44. The van der Waals surface area contributed by atoms with E-state index in [2.05, 4.69) is 40.3 Å². The summed E-state index contributed by atoms with van der Waals surface area (Å²) in [5.41, 5.74) is 7.07. The predicted octanol–water partition coefficient (Wildman–Crippen LogP) is 3.65. The Hall–Kier alpha value is -1.04. The molecule has 0 saturated heterocycles. The van der Waals surface area contributed by atoms with Crippen LogP contribution in [0.2, 0.25) is 0 Å². The van der Waals surface area contributed by atoms with Crippen molar-refractivity contribution in [1.82, 2.24) is 0 Å². The summed E-state index contributed by atoms with van der Waals surface area (Å²) in [6, 6.07) is 2.28. The number of aryl methyl sites for hydroxylation is 1. The molecule has 1 rings (SSSR count). The van der Waals surface area contributed by atoms with Gasteiger partial charge in [-0.3, -0.25) is 0 Å². The Bertz CT molecular complexity index is 332. The molecule has 0 atom stereocenters. The van der Waals surface area contributed by atoms with Crippen molar-refractivity contribution in [1.29, 1.82) is 0 Å². The summed E-state index contributed by atoms with van der Waals surface area (Å²) in [6.07, 6.45) is 2.95. The SMILES string of the molecule is C=CCc1cc(C)c(C)c(C)c1C. The second-order valence-electron chi connectivity index (χ2n) is 3.72. The van der Waals surface area contributed by atoms with Gasteiger partial charge in [-0.15, -0.1) is 6.58 Å². The minimum absolute atomic E-state index is 0.980. The Morgan fingerprint density at radius 1 is 1.08 bits per heavy atom. The van der Waals surface area contributed by atoms with E-state index < -0.39 is 0 Å². The Labute approximate surface area is 81.3 Å². The first kappa shape index (κ1) is 10.0. The van der Waals surface area contributed by atoms with Crippen LogP contribution in [0.3, 0.4) is 0 Å². The Balaban J connectivity index is 3.31. The first-order chi connectivity index (χ1) is 6.07. The summed E-state index contributed by atoms with van der Waals surface area (Å²) in [4.78, 5) is 0. The highest BCUT2D eigenvalue weighted by atomic mass is 14.1. The molecule has 0 bridgehead atoms. The third kappa shape index (κ3) is 1.82. The molecule has 0 saturated carbocycles. The molecule has 0 aromatic heterocycles. The maximum atomic E-state index is 3.78. The van der Waals surface area contributed by atoms with E-state index in [0.717, 1.165) is 6.42 Å². The third-order valence-electron chi connectivity index (χ3n) is 2.95. The molecule has 0 aliphatic rings. The van der Waals surface area contributed by atoms with Gasteiger partial charge < -0.3 is 0 Å². The van der Waals surface area contributed by atoms with E-state index in [1.807, 2.05) is 6.08 Å². The van der Waals surface area contributed by atoms with Crippen LogP contribution < -0.4 is 0 Å². The monoisotopic (exact) mass is 174 g/mol. The van der Waals surface area contributed by atoms with Crippen LogP contribution in [0.25, 0.3) is 0 Å². The first-order valence-corrected chi connectivity index (χ1v) is 4.75. The van der Waals surface area contributed by atoms with Crippen LogP contribution in [0.5, 0.6) is 0 Å². The zero-order chi connectivity index (χ0) is 10.0. The average Bonchev–Trinajstić information content (AvgIpc) is 2.11. The van der Waals surface area contributed by atoms with Crippen LogP contribution in [-0.4, -0.2) is 0 Å². The van der Waals surface area contributed by atoms with Gasteiger partial charge in [0.15, 0.2) is 0 Å². The number of hydrogen-bond acceptors (Lipinski definition) is 0. The molecule has 0 heterocycles. The van der Waals surface area contributed by atoms with E-state index in [4.69, 9.17) is 0 Å². The summed E-state index contributed by atoms with van der Waals surface area (Å²) in [7, 11) is 0. The molecule has 0 fully saturated rings. The largest absolute Gasteiger partial charge is 0.103 e. The highest BCUT2D eigenvalue weighted by Crippen LogP contribution is 2.21. The van der Waals surface area contributed by atoms with E-state index in [1.165, 1.54) is 27.8 Å². The molecule has 0 unspecified atom stereocenters. The van der Waals surface area contributed by atoms with Gasteiger partial charge >= 0.3 is 0 Å². The van der Waals surface area contributed by atoms with Crippen molar-refractivity contribution < 1.29 is 0 Å². The molecule has 70 valence electrons. The van der Waals surface area contributed by atoms with Crippen LogP contribution in [0.1, 0.15) is 27.8 Å². The van der Waals surface area contributed by atoms with Gasteiger partial charge in [0.1, 0.15) is 0 Å². The maximum Gasteiger partial charge on any atom is -0.00973 e. The van der Waals surface area contributed by atoms with Crippen LogP contribution in [0.15, 0.2) is 18.7 Å². The molecule has 0 nitrogen and oxygen atoms in total. The lowest BCUT2D eigenvalue weighted by Crippen LogP contribution is -1.96. The third-order valence-corrected chi connectivity index (χ3v) is 2.95. The number of hydrogen-bond donors (Lipinski definition) is 0. The summed E-state index contributed by atoms with van der Waals surface area (Å²) >= 11 is 0. The van der Waals surface area contributed by atoms with Crippen LogP contribution in [-0.2, 0) is 6.42 Å². The topological polar surface area (TPSA) is 0 Å². The van der Waals surface area contributed by atoms with E-state index >= 15 is 0 Å². The Kier molecular flexibility index (Phi) is 2.92. The quantitative estimate of drug-likeness (QED) is 0.600. The molecule has 0 aliphatic heterocycles. The molecule has 0 aliphatic carbocycles. The van der Waals surface area contributed by atoms with Crippen molar-refractivity contribution in [2.75, 3.05) is 0 Å². The fourth-order valence-corrected chi connectivity index (χ4v) is 1.66. The van der Waals surface area contributed by atoms with Crippen molar-refractivity contribution in [3.8, 4) is 0 Å². The molecule has 0 N–H and O–H groups in total. The fourth-order valence-electron chi connectivity index (χ4n) is 1.66. The molecule has 0 spiro atoms. The maximum absolute atomic E-state index is 3.78. The fraction of sp³-hybridized carbons (Fsp3) is 0.385. The molecule has 0 radical (unpaired) electrons. The zero-order valence-electron chi connectivity index (χ0n) is 9.07. The van der Waals surface area contributed by atoms with Gasteiger partial charge in [0.25, 0.3) is 0 Å². The number of allylic oxidation sites excluding steroid dienone is 1. The van der Waals surface area contributed by atoms with Crippen molar-refractivity contribution in [3.05, 3.63) is 46.5 Å². The summed E-state index contributed by atoms with van der Waals surface area (Å²) in [5.74, 6) is 0. The van der Waals surface area contributed by atoms with Crippen molar-refractivity contribution >= 4 is 0 Å². The van der Waals surface area contributed by atoms with E-state index in [9.17, 15) is 0 Å². The van der Waals surface area contributed by atoms with E-state index in [1.54, 1.807) is 0 Å². The molecule has 1 aromatic rings. The Morgan fingerprint density at radius 2 is 1.69 bits per heavy atom. The molecule has 13 heavy (non-hydrogen) atoms. The van der Waals surface area contributed by atoms with Gasteiger partial charge in [0, 0.05) is 0 Å². The number of rotatable bonds is 2. The van der Waals surface area contributed by atoms with Crippen molar-refractivity contribution in [3.63, 3.8) is 0 Å². The van der Waals surface area contributed by atoms with E-state index in [-0.39, 0.29) is 0 Å². The molecular weight excluding hydrogens is 156 g/mol. The van der Waals surface area contributed by atoms with Gasteiger partial charge in [-0.05, 0) is 61.9 Å². The lowest BCUT2D eigenvalue weighted by atomic mass is 9.93. The average molecular weight is 174 g/mol. The highest BCUT2D eigenvalue weighted by Gasteiger charge is 2.05. The van der Waals surface area contributed by atoms with E-state index in [0.29, 0.717) is 0 Å². The van der Waals surface area contributed by atoms with Gasteiger partial charge in [-0.1, -0.05) is 12.1 Å². The summed E-state index contributed by atoms with van der Waals surface area (Å²) in [5, 5.41) is 0. The summed E-state index contributed by atoms with van der Waals surface area (Å²) < 4.78 is 0. The smallest absolute Gasteiger partial charge is 0.00973 e. The number of benzene rings is 1. The molecule has 0 heteroatoms. The molecular formula is C13H18. The minimum atomic E-state index is 0.980. The standard InChI is InChI=1S/C13H18/c1-6-7-13-8-9(2)10(3)11(4)12(13)5/h6,8H,1,7H2,2-5H3. The second-order valence-corrected chi connectivity index (χ2v) is 3.72. The lowest BCUT2D eigenvalue weighted by molar-refractivity contribution is 1.13. The lowest BCUT2D eigenvalue weighted by Gasteiger charge is -2.12. The molecule has 0 amide bonds. The second kappa shape index (κ2) is 3.78. The van der Waals surface area contributed by atoms with Gasteiger partial charge in [-0.2, -0.15) is 0 Å². The zero-order valence-corrected chi connectivity index (χ0v) is 9.07. The normalized spacial score (nSPS) is 10.2. The van der Waals surface area contributed by atoms with Crippen LogP contribution >= 0.6 is 0 Å². The first-order valence-electron chi connectivity index (χ1n) is 4.75. The van der Waals surface area contributed by atoms with Gasteiger partial charge in [0.05, 0.1) is 0 Å². The van der Waals surface area contributed by atoms with Crippen molar-refractivity contribution in [2.24, 2.45) is 0 Å². The van der Waals surface area contributed by atoms with Crippen LogP contribution in [0, 0.1) is 27.7 Å².